The Bertz CT molecular complexity index is 567. The van der Waals surface area contributed by atoms with Gasteiger partial charge >= 0.3 is 0 Å². The van der Waals surface area contributed by atoms with Gasteiger partial charge in [0.25, 0.3) is 0 Å². The van der Waals surface area contributed by atoms with E-state index in [2.05, 4.69) is 39.5 Å². The molecular formula is C18H22ClN. The lowest BCUT2D eigenvalue weighted by molar-refractivity contribution is 0.851. The predicted octanol–water partition coefficient (Wildman–Crippen LogP) is 5.56. The van der Waals surface area contributed by atoms with Crippen molar-refractivity contribution in [2.24, 2.45) is 10.9 Å². The summed E-state index contributed by atoms with van der Waals surface area (Å²) in [5.41, 5.74) is 5.07. The monoisotopic (exact) mass is 287 g/mol. The van der Waals surface area contributed by atoms with Gasteiger partial charge in [-0.1, -0.05) is 51.1 Å². The summed E-state index contributed by atoms with van der Waals surface area (Å²) in [7, 11) is 0. The third kappa shape index (κ3) is 3.21. The van der Waals surface area contributed by atoms with Gasteiger partial charge in [-0.2, -0.15) is 0 Å². The average Bonchev–Trinajstić information content (AvgIpc) is 2.53. The molecule has 0 saturated heterocycles. The number of fused-ring (bicyclic) bond motifs is 1. The molecule has 1 aromatic rings. The number of halogens is 1. The van der Waals surface area contributed by atoms with Crippen LogP contribution in [0, 0.1) is 5.92 Å². The van der Waals surface area contributed by atoms with E-state index in [1.54, 1.807) is 0 Å². The molecule has 1 nitrogen and oxygen atoms in total. The summed E-state index contributed by atoms with van der Waals surface area (Å²) < 4.78 is 0. The number of aryl methyl sites for hydroxylation is 1. The van der Waals surface area contributed by atoms with Crippen molar-refractivity contribution in [1.29, 1.82) is 0 Å². The van der Waals surface area contributed by atoms with Crippen LogP contribution in [0.4, 0.5) is 0 Å². The van der Waals surface area contributed by atoms with Crippen LogP contribution in [0.1, 0.15) is 44.2 Å². The molecule has 0 radical (unpaired) electrons. The third-order valence-corrected chi connectivity index (χ3v) is 3.97. The van der Waals surface area contributed by atoms with Crippen LogP contribution in [0.3, 0.4) is 0 Å². The maximum atomic E-state index is 6.12. The van der Waals surface area contributed by atoms with Crippen molar-refractivity contribution in [3.05, 3.63) is 58.3 Å². The molecule has 0 saturated carbocycles. The Balaban J connectivity index is 2.48. The number of hydrogen-bond donors (Lipinski definition) is 0. The van der Waals surface area contributed by atoms with Gasteiger partial charge in [0.1, 0.15) is 0 Å². The molecule has 0 heterocycles. The fourth-order valence-corrected chi connectivity index (χ4v) is 2.86. The zero-order chi connectivity index (χ0) is 14.7. The second kappa shape index (κ2) is 6.41. The highest BCUT2D eigenvalue weighted by Crippen LogP contribution is 2.36. The van der Waals surface area contributed by atoms with E-state index in [1.165, 1.54) is 16.7 Å². The van der Waals surface area contributed by atoms with Gasteiger partial charge in [0.2, 0.25) is 0 Å². The fraction of sp³-hybridized carbons (Fsp3) is 0.389. The molecular weight excluding hydrogens is 266 g/mol. The van der Waals surface area contributed by atoms with Gasteiger partial charge in [0.15, 0.2) is 0 Å². The number of rotatable bonds is 3. The summed E-state index contributed by atoms with van der Waals surface area (Å²) in [6.45, 7) is 10.5. The second-order valence-electron chi connectivity index (χ2n) is 5.70. The van der Waals surface area contributed by atoms with Gasteiger partial charge in [-0.3, -0.25) is 4.99 Å². The van der Waals surface area contributed by atoms with Gasteiger partial charge in [0, 0.05) is 17.2 Å². The first-order valence-electron chi connectivity index (χ1n) is 7.21. The van der Waals surface area contributed by atoms with Crippen molar-refractivity contribution in [3.8, 4) is 0 Å². The molecule has 0 aliphatic heterocycles. The summed E-state index contributed by atoms with van der Waals surface area (Å²) in [4.78, 5) is 4.75. The summed E-state index contributed by atoms with van der Waals surface area (Å²) in [6.07, 6.45) is 5.96. The largest absolute Gasteiger partial charge is 0.264 e. The van der Waals surface area contributed by atoms with Crippen LogP contribution in [0.5, 0.6) is 0 Å². The summed E-state index contributed by atoms with van der Waals surface area (Å²) >= 11 is 6.12. The van der Waals surface area contributed by atoms with Gasteiger partial charge in [-0.25, -0.2) is 0 Å². The highest BCUT2D eigenvalue weighted by Gasteiger charge is 2.21. The normalized spacial score (nSPS) is 19.4. The van der Waals surface area contributed by atoms with E-state index < -0.39 is 0 Å². The Hall–Kier alpha value is -1.34. The van der Waals surface area contributed by atoms with Crippen LogP contribution in [-0.4, -0.2) is 6.21 Å². The molecule has 0 fully saturated rings. The van der Waals surface area contributed by atoms with E-state index in [9.17, 15) is 0 Å². The molecule has 1 aliphatic carbocycles. The third-order valence-electron chi connectivity index (χ3n) is 3.73. The molecule has 20 heavy (non-hydrogen) atoms. The van der Waals surface area contributed by atoms with Gasteiger partial charge in [-0.15, -0.1) is 0 Å². The van der Waals surface area contributed by atoms with Crippen molar-refractivity contribution >= 4 is 17.8 Å². The summed E-state index contributed by atoms with van der Waals surface area (Å²) in [5, 5.41) is 0.810. The zero-order valence-corrected chi connectivity index (χ0v) is 13.2. The number of allylic oxidation sites excluding steroid dienone is 3. The number of aliphatic imine (C=N–C) groups is 1. The first-order chi connectivity index (χ1) is 9.52. The Kier molecular flexibility index (Phi) is 4.82. The first kappa shape index (κ1) is 15.1. The molecule has 2 rings (SSSR count). The standard InChI is InChI=1S/C18H22ClN/c1-5-14-6-7-15-10-16(19)8-9-17(15)13(4)18(14)20-11-12(2)3/h5,8-13H,1,6-7H2,2-4H3. The Labute approximate surface area is 127 Å². The maximum absolute atomic E-state index is 6.12. The van der Waals surface area contributed by atoms with Crippen LogP contribution < -0.4 is 0 Å². The number of hydrogen-bond acceptors (Lipinski definition) is 1. The highest BCUT2D eigenvalue weighted by molar-refractivity contribution is 6.30. The molecule has 0 spiro atoms. The van der Waals surface area contributed by atoms with Gasteiger partial charge in [0.05, 0.1) is 5.70 Å². The predicted molar refractivity (Wildman–Crippen MR) is 88.7 cm³/mol. The van der Waals surface area contributed by atoms with E-state index in [0.717, 1.165) is 23.6 Å². The zero-order valence-electron chi connectivity index (χ0n) is 12.5. The van der Waals surface area contributed by atoms with Crippen molar-refractivity contribution < 1.29 is 0 Å². The molecule has 1 unspecified atom stereocenters. The molecule has 1 aliphatic rings. The van der Waals surface area contributed by atoms with E-state index in [1.807, 2.05) is 18.4 Å². The van der Waals surface area contributed by atoms with E-state index in [-0.39, 0.29) is 5.92 Å². The highest BCUT2D eigenvalue weighted by atomic mass is 35.5. The van der Waals surface area contributed by atoms with E-state index >= 15 is 0 Å². The maximum Gasteiger partial charge on any atom is 0.0503 e. The number of nitrogens with zero attached hydrogens (tertiary/aromatic N) is 1. The van der Waals surface area contributed by atoms with Crippen LogP contribution in [0.25, 0.3) is 0 Å². The van der Waals surface area contributed by atoms with Crippen molar-refractivity contribution in [2.45, 2.75) is 39.5 Å². The molecule has 0 amide bonds. The SMILES string of the molecule is C=CC1=C(N=CC(C)C)C(C)c2ccc(Cl)cc2CC1. The molecule has 0 bridgehead atoms. The van der Waals surface area contributed by atoms with Crippen molar-refractivity contribution in [1.82, 2.24) is 0 Å². The van der Waals surface area contributed by atoms with Crippen LogP contribution in [-0.2, 0) is 6.42 Å². The lowest BCUT2D eigenvalue weighted by Gasteiger charge is -2.16. The fourth-order valence-electron chi connectivity index (χ4n) is 2.67. The van der Waals surface area contributed by atoms with E-state index in [4.69, 9.17) is 16.6 Å². The topological polar surface area (TPSA) is 12.4 Å². The Morgan fingerprint density at radius 3 is 2.75 bits per heavy atom. The number of benzene rings is 1. The lowest BCUT2D eigenvalue weighted by Crippen LogP contribution is -2.01. The minimum Gasteiger partial charge on any atom is -0.264 e. The summed E-state index contributed by atoms with van der Waals surface area (Å²) in [6, 6.07) is 6.20. The molecule has 106 valence electrons. The van der Waals surface area contributed by atoms with Crippen molar-refractivity contribution in [3.63, 3.8) is 0 Å². The second-order valence-corrected chi connectivity index (χ2v) is 6.14. The Morgan fingerprint density at radius 2 is 2.10 bits per heavy atom. The molecule has 2 heteroatoms. The van der Waals surface area contributed by atoms with Gasteiger partial charge < -0.3 is 0 Å². The Morgan fingerprint density at radius 1 is 1.35 bits per heavy atom. The smallest absolute Gasteiger partial charge is 0.0503 e. The van der Waals surface area contributed by atoms with Crippen LogP contribution >= 0.6 is 11.6 Å². The first-order valence-corrected chi connectivity index (χ1v) is 7.58. The lowest BCUT2D eigenvalue weighted by atomic mass is 9.93. The molecule has 0 N–H and O–H groups in total. The van der Waals surface area contributed by atoms with Crippen molar-refractivity contribution in [2.75, 3.05) is 0 Å². The van der Waals surface area contributed by atoms with Crippen LogP contribution in [0.15, 0.2) is 47.1 Å². The minimum atomic E-state index is 0.285. The molecule has 0 aromatic heterocycles. The average molecular weight is 288 g/mol. The van der Waals surface area contributed by atoms with Gasteiger partial charge in [-0.05, 0) is 47.6 Å². The van der Waals surface area contributed by atoms with E-state index in [0.29, 0.717) is 5.92 Å². The molecule has 1 atom stereocenters. The molecule has 1 aromatic carbocycles. The quantitative estimate of drug-likeness (QED) is 0.646. The minimum absolute atomic E-state index is 0.285. The summed E-state index contributed by atoms with van der Waals surface area (Å²) in [5.74, 6) is 0.737. The van der Waals surface area contributed by atoms with Crippen LogP contribution in [0.2, 0.25) is 5.02 Å².